The van der Waals surface area contributed by atoms with E-state index in [1.165, 1.54) is 5.56 Å². The van der Waals surface area contributed by atoms with Gasteiger partial charge in [0.1, 0.15) is 17.6 Å². The summed E-state index contributed by atoms with van der Waals surface area (Å²) >= 11 is 0. The lowest BCUT2D eigenvalue weighted by Crippen LogP contribution is -2.51. The Bertz CT molecular complexity index is 955. The number of fused-ring (bicyclic) bond motifs is 2. The zero-order valence-corrected chi connectivity index (χ0v) is 18.9. The van der Waals surface area contributed by atoms with Crippen molar-refractivity contribution in [3.8, 4) is 23.0 Å². The van der Waals surface area contributed by atoms with Crippen LogP contribution in [0, 0.1) is 0 Å². The van der Waals surface area contributed by atoms with Crippen molar-refractivity contribution in [3.05, 3.63) is 47.0 Å². The van der Waals surface area contributed by atoms with Crippen molar-refractivity contribution in [2.24, 2.45) is 0 Å². The van der Waals surface area contributed by atoms with Crippen LogP contribution in [-0.2, 0) is 17.6 Å². The third-order valence-electron chi connectivity index (χ3n) is 6.92. The Morgan fingerprint density at radius 1 is 1.16 bits per heavy atom. The highest BCUT2D eigenvalue weighted by atomic mass is 16.7. The van der Waals surface area contributed by atoms with E-state index in [2.05, 4.69) is 20.0 Å². The molecule has 0 fully saturated rings. The number of ketones is 1. The number of aryl methyl sites for hydroxylation is 1. The normalized spacial score (nSPS) is 21.5. The number of carbonyl (C=O) groups is 1. The molecule has 166 valence electrons. The van der Waals surface area contributed by atoms with E-state index < -0.39 is 0 Å². The molecule has 2 unspecified atom stereocenters. The first-order chi connectivity index (χ1) is 15.0. The molecule has 2 atom stereocenters. The van der Waals surface area contributed by atoms with E-state index in [-0.39, 0.29) is 18.6 Å². The van der Waals surface area contributed by atoms with Gasteiger partial charge in [-0.2, -0.15) is 0 Å². The van der Waals surface area contributed by atoms with Crippen molar-refractivity contribution in [2.75, 3.05) is 41.1 Å². The smallest absolute Gasteiger partial charge is 0.231 e. The summed E-state index contributed by atoms with van der Waals surface area (Å²) in [7, 11) is 5.57. The Labute approximate surface area is 184 Å². The molecule has 0 aliphatic carbocycles. The number of likely N-dealkylation sites (N-methyl/N-ethyl adjacent to an activating group) is 1. The molecule has 2 aliphatic rings. The summed E-state index contributed by atoms with van der Waals surface area (Å²) < 4.78 is 23.2. The van der Waals surface area contributed by atoms with Gasteiger partial charge in [-0.3, -0.25) is 4.79 Å². The average molecular weight is 427 g/mol. The van der Waals surface area contributed by atoms with E-state index >= 15 is 0 Å². The minimum absolute atomic E-state index is 0.0431. The molecule has 2 aromatic rings. The van der Waals surface area contributed by atoms with Gasteiger partial charge in [-0.1, -0.05) is 12.1 Å². The molecule has 0 amide bonds. The first kappa shape index (κ1) is 21.5. The summed E-state index contributed by atoms with van der Waals surface area (Å²) in [5.74, 6) is 3.24. The Morgan fingerprint density at radius 3 is 2.61 bits per heavy atom. The lowest BCUT2D eigenvalue weighted by atomic mass is 9.85. The molecular weight excluding hydrogens is 394 g/mol. The third kappa shape index (κ3) is 4.09. The summed E-state index contributed by atoms with van der Waals surface area (Å²) in [6.07, 6.45) is 2.68. The van der Waals surface area contributed by atoms with Crippen molar-refractivity contribution < 1.29 is 28.2 Å². The fraction of sp³-hybridized carbons (Fsp3) is 0.480. The Morgan fingerprint density at radius 2 is 1.94 bits per heavy atom. The van der Waals surface area contributed by atoms with Gasteiger partial charge in [-0.15, -0.1) is 0 Å². The number of hydrogen-bond acceptors (Lipinski definition) is 5. The lowest BCUT2D eigenvalue weighted by Gasteiger charge is -2.45. The van der Waals surface area contributed by atoms with E-state index in [0.717, 1.165) is 58.8 Å². The SMILES string of the molecule is CC[N+]1(C)CCc2cc3c(c(OC)c2C1CC(=O)CCc1ccc(OC)cc1)OCO3. The minimum atomic E-state index is 0.0431. The van der Waals surface area contributed by atoms with Gasteiger partial charge in [-0.25, -0.2) is 0 Å². The molecule has 0 bridgehead atoms. The molecule has 2 aliphatic heterocycles. The first-order valence-electron chi connectivity index (χ1n) is 11.0. The predicted molar refractivity (Wildman–Crippen MR) is 118 cm³/mol. The molecule has 31 heavy (non-hydrogen) atoms. The van der Waals surface area contributed by atoms with Crippen LogP contribution in [0.4, 0.5) is 0 Å². The molecule has 6 nitrogen and oxygen atoms in total. The van der Waals surface area contributed by atoms with Crippen LogP contribution in [0.15, 0.2) is 30.3 Å². The number of carbonyl (C=O) groups excluding carboxylic acids is 1. The summed E-state index contributed by atoms with van der Waals surface area (Å²) in [4.78, 5) is 13.1. The van der Waals surface area contributed by atoms with Crippen LogP contribution >= 0.6 is 0 Å². The topological polar surface area (TPSA) is 54.0 Å². The molecule has 0 saturated heterocycles. The largest absolute Gasteiger partial charge is 0.497 e. The van der Waals surface area contributed by atoms with Gasteiger partial charge in [0.25, 0.3) is 0 Å². The zero-order chi connectivity index (χ0) is 22.0. The second kappa shape index (κ2) is 8.79. The zero-order valence-electron chi connectivity index (χ0n) is 18.9. The van der Waals surface area contributed by atoms with Crippen LogP contribution in [0.25, 0.3) is 0 Å². The van der Waals surface area contributed by atoms with Gasteiger partial charge in [-0.05, 0) is 42.7 Å². The Hall–Kier alpha value is -2.73. The van der Waals surface area contributed by atoms with Crippen LogP contribution in [0.3, 0.4) is 0 Å². The van der Waals surface area contributed by atoms with E-state index in [1.807, 2.05) is 24.3 Å². The fourth-order valence-corrected chi connectivity index (χ4v) is 4.79. The highest BCUT2D eigenvalue weighted by Crippen LogP contribution is 2.51. The first-order valence-corrected chi connectivity index (χ1v) is 11.0. The number of Topliss-reactive ketones (excluding diaryl/α,β-unsaturated/α-hetero) is 1. The molecule has 0 aromatic heterocycles. The van der Waals surface area contributed by atoms with Crippen molar-refractivity contribution in [3.63, 3.8) is 0 Å². The van der Waals surface area contributed by atoms with Crippen LogP contribution in [-0.4, -0.2) is 51.4 Å². The van der Waals surface area contributed by atoms with Crippen molar-refractivity contribution in [1.82, 2.24) is 0 Å². The van der Waals surface area contributed by atoms with Gasteiger partial charge < -0.3 is 23.4 Å². The minimum Gasteiger partial charge on any atom is -0.497 e. The molecule has 2 heterocycles. The highest BCUT2D eigenvalue weighted by Gasteiger charge is 2.43. The number of benzene rings is 2. The summed E-state index contributed by atoms with van der Waals surface area (Å²) in [6.45, 7) is 4.34. The molecule has 0 radical (unpaired) electrons. The van der Waals surface area contributed by atoms with Gasteiger partial charge in [0, 0.05) is 12.8 Å². The number of ether oxygens (including phenoxy) is 4. The van der Waals surface area contributed by atoms with Crippen LogP contribution < -0.4 is 18.9 Å². The molecule has 6 heteroatoms. The highest BCUT2D eigenvalue weighted by molar-refractivity contribution is 5.80. The van der Waals surface area contributed by atoms with Gasteiger partial charge in [0.2, 0.25) is 12.5 Å². The van der Waals surface area contributed by atoms with Crippen molar-refractivity contribution in [1.29, 1.82) is 0 Å². The maximum atomic E-state index is 13.1. The molecule has 0 saturated carbocycles. The summed E-state index contributed by atoms with van der Waals surface area (Å²) in [5, 5.41) is 0. The average Bonchev–Trinajstić information content (AvgIpc) is 3.27. The maximum Gasteiger partial charge on any atom is 0.231 e. The molecule has 0 spiro atoms. The third-order valence-corrected chi connectivity index (χ3v) is 6.92. The van der Waals surface area contributed by atoms with Crippen LogP contribution in [0.2, 0.25) is 0 Å². The van der Waals surface area contributed by atoms with Crippen LogP contribution in [0.1, 0.15) is 42.5 Å². The van der Waals surface area contributed by atoms with Crippen molar-refractivity contribution >= 4 is 5.78 Å². The predicted octanol–water partition coefficient (Wildman–Crippen LogP) is 4.09. The van der Waals surface area contributed by atoms with Crippen molar-refractivity contribution in [2.45, 2.75) is 38.6 Å². The molecule has 2 aromatic carbocycles. The standard InChI is InChI=1S/C25H32NO5/c1-5-26(2)13-12-18-14-22-24(31-16-30-22)25(29-4)23(18)21(26)15-19(27)9-6-17-7-10-20(28-3)11-8-17/h7-8,10-11,14,21H,5-6,9,12-13,15-16H2,1-4H3/q+1. The maximum absolute atomic E-state index is 13.1. The number of quaternary nitrogens is 1. The van der Waals surface area contributed by atoms with E-state index in [1.54, 1.807) is 14.2 Å². The summed E-state index contributed by atoms with van der Waals surface area (Å²) in [5.41, 5.74) is 3.46. The second-order valence-electron chi connectivity index (χ2n) is 8.59. The van der Waals surface area contributed by atoms with E-state index in [0.29, 0.717) is 18.6 Å². The number of rotatable bonds is 8. The van der Waals surface area contributed by atoms with Gasteiger partial charge >= 0.3 is 0 Å². The summed E-state index contributed by atoms with van der Waals surface area (Å²) in [6, 6.07) is 10.1. The quantitative estimate of drug-likeness (QED) is 0.595. The number of methoxy groups -OCH3 is 2. The number of nitrogens with zero attached hydrogens (tertiary/aromatic N) is 1. The lowest BCUT2D eigenvalue weighted by molar-refractivity contribution is -0.939. The molecule has 0 N–H and O–H groups in total. The van der Waals surface area contributed by atoms with E-state index in [4.69, 9.17) is 18.9 Å². The Kier molecular flexibility index (Phi) is 6.10. The van der Waals surface area contributed by atoms with Gasteiger partial charge in [0.15, 0.2) is 11.5 Å². The number of hydrogen-bond donors (Lipinski definition) is 0. The van der Waals surface area contributed by atoms with E-state index in [9.17, 15) is 4.79 Å². The van der Waals surface area contributed by atoms with Crippen LogP contribution in [0.5, 0.6) is 23.0 Å². The Balaban J connectivity index is 1.58. The second-order valence-corrected chi connectivity index (χ2v) is 8.59. The molecular formula is C25H32NO5+. The van der Waals surface area contributed by atoms with Gasteiger partial charge in [0.05, 0.1) is 46.3 Å². The monoisotopic (exact) mass is 426 g/mol. The fourth-order valence-electron chi connectivity index (χ4n) is 4.79. The molecule has 4 rings (SSSR count).